The molecular weight excluding hydrogens is 176 g/mol. The molecule has 2 nitrogen and oxygen atoms in total. The van der Waals surface area contributed by atoms with Gasteiger partial charge >= 0.3 is 0 Å². The highest BCUT2D eigenvalue weighted by atomic mass is 16.7. The van der Waals surface area contributed by atoms with Crippen LogP contribution in [0.2, 0.25) is 0 Å². The number of hydrogen-bond donors (Lipinski definition) is 0. The van der Waals surface area contributed by atoms with Crippen molar-refractivity contribution in [3.05, 3.63) is 12.2 Å². The van der Waals surface area contributed by atoms with E-state index in [1.54, 1.807) is 0 Å². The van der Waals surface area contributed by atoms with Crippen LogP contribution in [0.1, 0.15) is 26.7 Å². The maximum absolute atomic E-state index is 5.85. The fraction of sp³-hybridized carbons (Fsp3) is 0.833. The van der Waals surface area contributed by atoms with Crippen molar-refractivity contribution in [3.8, 4) is 0 Å². The maximum atomic E-state index is 5.85. The van der Waals surface area contributed by atoms with E-state index in [4.69, 9.17) is 9.47 Å². The van der Waals surface area contributed by atoms with E-state index in [1.807, 2.05) is 0 Å². The van der Waals surface area contributed by atoms with E-state index in [2.05, 4.69) is 26.0 Å². The highest BCUT2D eigenvalue weighted by Crippen LogP contribution is 2.47. The molecule has 1 saturated heterocycles. The summed E-state index contributed by atoms with van der Waals surface area (Å²) in [5.74, 6) is 2.16. The third-order valence-corrected chi connectivity index (χ3v) is 4.04. The molecule has 0 N–H and O–H groups in total. The van der Waals surface area contributed by atoms with Crippen LogP contribution < -0.4 is 0 Å². The van der Waals surface area contributed by atoms with Crippen LogP contribution in [0.3, 0.4) is 0 Å². The third kappa shape index (κ3) is 1.24. The molecule has 2 aliphatic carbocycles. The first kappa shape index (κ1) is 8.93. The van der Waals surface area contributed by atoms with E-state index < -0.39 is 0 Å². The van der Waals surface area contributed by atoms with E-state index >= 15 is 0 Å². The Morgan fingerprint density at radius 3 is 2.21 bits per heavy atom. The summed E-state index contributed by atoms with van der Waals surface area (Å²) in [6.45, 7) is 4.21. The Bertz CT molecular complexity index is 251. The Hall–Kier alpha value is -0.340. The van der Waals surface area contributed by atoms with E-state index in [-0.39, 0.29) is 18.5 Å². The summed E-state index contributed by atoms with van der Waals surface area (Å²) >= 11 is 0. The molecule has 1 aliphatic heterocycles. The lowest BCUT2D eigenvalue weighted by molar-refractivity contribution is -0.107. The van der Waals surface area contributed by atoms with Crippen molar-refractivity contribution in [1.82, 2.24) is 0 Å². The molecule has 0 aromatic rings. The summed E-state index contributed by atoms with van der Waals surface area (Å²) in [5, 5.41) is 0. The van der Waals surface area contributed by atoms with Crippen molar-refractivity contribution in [1.29, 1.82) is 0 Å². The molecule has 2 heteroatoms. The Labute approximate surface area is 85.3 Å². The summed E-state index contributed by atoms with van der Waals surface area (Å²) < 4.78 is 11.7. The molecule has 0 spiro atoms. The normalized spacial score (nSPS) is 55.9. The summed E-state index contributed by atoms with van der Waals surface area (Å²) in [5.41, 5.74) is 0. The molecule has 3 aliphatic rings. The number of fused-ring (bicyclic) bond motifs is 2. The molecule has 1 unspecified atom stereocenters. The van der Waals surface area contributed by atoms with Gasteiger partial charge in [0.15, 0.2) is 6.29 Å². The first-order valence-corrected chi connectivity index (χ1v) is 5.73. The first-order valence-electron chi connectivity index (χ1n) is 5.73. The van der Waals surface area contributed by atoms with Crippen molar-refractivity contribution in [3.63, 3.8) is 0 Å². The molecule has 0 aromatic heterocycles. The van der Waals surface area contributed by atoms with Gasteiger partial charge in [0.25, 0.3) is 0 Å². The van der Waals surface area contributed by atoms with Gasteiger partial charge < -0.3 is 9.47 Å². The second-order valence-electron chi connectivity index (χ2n) is 4.99. The van der Waals surface area contributed by atoms with Gasteiger partial charge in [-0.3, -0.25) is 0 Å². The fourth-order valence-corrected chi connectivity index (χ4v) is 3.01. The zero-order chi connectivity index (χ0) is 9.71. The summed E-state index contributed by atoms with van der Waals surface area (Å²) in [4.78, 5) is 0. The molecule has 0 radical (unpaired) electrons. The van der Waals surface area contributed by atoms with Gasteiger partial charge in [0.2, 0.25) is 0 Å². The number of hydrogen-bond acceptors (Lipinski definition) is 2. The molecule has 1 heterocycles. The minimum atomic E-state index is 0.0694. The number of ether oxygens (including phenoxy) is 2. The predicted molar refractivity (Wildman–Crippen MR) is 53.7 cm³/mol. The van der Waals surface area contributed by atoms with Crippen molar-refractivity contribution in [2.75, 3.05) is 0 Å². The quantitative estimate of drug-likeness (QED) is 0.596. The van der Waals surface area contributed by atoms with E-state index in [9.17, 15) is 0 Å². The highest BCUT2D eigenvalue weighted by Gasteiger charge is 2.45. The van der Waals surface area contributed by atoms with E-state index in [1.165, 1.54) is 12.8 Å². The Morgan fingerprint density at radius 2 is 1.71 bits per heavy atom. The second kappa shape index (κ2) is 3.07. The minimum absolute atomic E-state index is 0.0694. The fourth-order valence-electron chi connectivity index (χ4n) is 3.01. The van der Waals surface area contributed by atoms with Crippen molar-refractivity contribution in [2.45, 2.75) is 45.2 Å². The Kier molecular flexibility index (Phi) is 1.96. The molecule has 3 rings (SSSR count). The van der Waals surface area contributed by atoms with Gasteiger partial charge in [0, 0.05) is 5.92 Å². The topological polar surface area (TPSA) is 18.5 Å². The van der Waals surface area contributed by atoms with Gasteiger partial charge in [-0.25, -0.2) is 0 Å². The lowest BCUT2D eigenvalue weighted by Gasteiger charge is -2.23. The average molecular weight is 194 g/mol. The number of allylic oxidation sites excluding steroid dienone is 2. The van der Waals surface area contributed by atoms with Crippen LogP contribution in [0.4, 0.5) is 0 Å². The average Bonchev–Trinajstić information content (AvgIpc) is 2.82. The van der Waals surface area contributed by atoms with Crippen LogP contribution in [-0.2, 0) is 9.47 Å². The molecule has 78 valence electrons. The third-order valence-electron chi connectivity index (χ3n) is 4.04. The van der Waals surface area contributed by atoms with Crippen molar-refractivity contribution >= 4 is 0 Å². The molecule has 2 fully saturated rings. The molecule has 6 atom stereocenters. The molecular formula is C12H18O2. The zero-order valence-corrected chi connectivity index (χ0v) is 8.85. The van der Waals surface area contributed by atoms with Gasteiger partial charge in [0.1, 0.15) is 0 Å². The van der Waals surface area contributed by atoms with Crippen molar-refractivity contribution < 1.29 is 9.47 Å². The van der Waals surface area contributed by atoms with E-state index in [0.717, 1.165) is 11.8 Å². The first-order chi connectivity index (χ1) is 6.74. The monoisotopic (exact) mass is 194 g/mol. The van der Waals surface area contributed by atoms with Gasteiger partial charge in [-0.15, -0.1) is 0 Å². The van der Waals surface area contributed by atoms with Crippen LogP contribution in [0, 0.1) is 17.8 Å². The minimum Gasteiger partial charge on any atom is -0.347 e. The maximum Gasteiger partial charge on any atom is 0.161 e. The highest BCUT2D eigenvalue weighted by molar-refractivity contribution is 5.11. The molecule has 0 aromatic carbocycles. The van der Waals surface area contributed by atoms with Crippen LogP contribution in [-0.4, -0.2) is 18.5 Å². The summed E-state index contributed by atoms with van der Waals surface area (Å²) in [7, 11) is 0. The van der Waals surface area contributed by atoms with Gasteiger partial charge in [-0.05, 0) is 38.5 Å². The molecule has 1 saturated carbocycles. The molecule has 2 bridgehead atoms. The lowest BCUT2D eigenvalue weighted by atomic mass is 9.93. The van der Waals surface area contributed by atoms with Crippen LogP contribution in [0.25, 0.3) is 0 Å². The van der Waals surface area contributed by atoms with Crippen LogP contribution in [0.5, 0.6) is 0 Å². The zero-order valence-electron chi connectivity index (χ0n) is 8.85. The Morgan fingerprint density at radius 1 is 1.00 bits per heavy atom. The standard InChI is InChI=1S/C12H18O2/c1-7-8(2)14-12(13-7)11-6-9-3-4-10(11)5-9/h3-4,7-12H,5-6H2,1-2H3/t7-,8+,9-,10-,11+,12?/m0/s1. The largest absolute Gasteiger partial charge is 0.347 e. The summed E-state index contributed by atoms with van der Waals surface area (Å²) in [6.07, 6.45) is 7.93. The smallest absolute Gasteiger partial charge is 0.161 e. The van der Waals surface area contributed by atoms with Crippen molar-refractivity contribution in [2.24, 2.45) is 17.8 Å². The lowest BCUT2D eigenvalue weighted by Crippen LogP contribution is -2.25. The second-order valence-corrected chi connectivity index (χ2v) is 4.99. The van der Waals surface area contributed by atoms with Gasteiger partial charge in [-0.2, -0.15) is 0 Å². The van der Waals surface area contributed by atoms with Gasteiger partial charge in [-0.1, -0.05) is 12.2 Å². The Balaban J connectivity index is 1.70. The SMILES string of the molecule is C[C@@H]1OC([C@@H]2C[C@H]3C=C[C@H]2C3)O[C@@H]1C. The number of rotatable bonds is 1. The summed E-state index contributed by atoms with van der Waals surface area (Å²) in [6, 6.07) is 0. The van der Waals surface area contributed by atoms with Crippen LogP contribution in [0.15, 0.2) is 12.2 Å². The van der Waals surface area contributed by atoms with E-state index in [0.29, 0.717) is 5.92 Å². The molecule has 14 heavy (non-hydrogen) atoms. The van der Waals surface area contributed by atoms with Gasteiger partial charge in [0.05, 0.1) is 12.2 Å². The van der Waals surface area contributed by atoms with Crippen LogP contribution >= 0.6 is 0 Å². The predicted octanol–water partition coefficient (Wildman–Crippen LogP) is 2.35. The molecule has 0 amide bonds.